The first-order valence-electron chi connectivity index (χ1n) is 15.6. The average molecular weight is 526 g/mol. The van der Waals surface area contributed by atoms with Gasteiger partial charge >= 0.3 is 6.09 Å². The molecule has 1 saturated heterocycles. The van der Waals surface area contributed by atoms with Gasteiger partial charge in [0.1, 0.15) is 0 Å². The molecule has 5 rings (SSSR count). The van der Waals surface area contributed by atoms with Gasteiger partial charge in [-0.3, -0.25) is 9.63 Å². The largest absolute Gasteiger partial charge is 0.435 e. The van der Waals surface area contributed by atoms with Crippen molar-refractivity contribution in [1.82, 2.24) is 10.2 Å². The minimum absolute atomic E-state index is 0.211. The molecule has 6 heteroatoms. The monoisotopic (exact) mass is 525 g/mol. The van der Waals surface area contributed by atoms with E-state index in [9.17, 15) is 9.59 Å². The summed E-state index contributed by atoms with van der Waals surface area (Å²) in [5, 5.41) is 8.04. The zero-order valence-electron chi connectivity index (χ0n) is 24.6. The Bertz CT molecular complexity index is 967. The Hall–Kier alpha value is -1.69. The van der Waals surface area contributed by atoms with Crippen molar-refractivity contribution in [3.8, 4) is 0 Å². The van der Waals surface area contributed by atoms with Crippen molar-refractivity contribution >= 4 is 17.6 Å². The zero-order chi connectivity index (χ0) is 27.1. The first-order chi connectivity index (χ1) is 18.1. The molecular weight excluding hydrogens is 474 g/mol. The maximum Gasteiger partial charge on any atom is 0.435 e. The van der Waals surface area contributed by atoms with Crippen molar-refractivity contribution in [2.45, 2.75) is 111 Å². The van der Waals surface area contributed by atoms with Crippen molar-refractivity contribution < 1.29 is 14.4 Å². The van der Waals surface area contributed by atoms with Gasteiger partial charge in [0.25, 0.3) is 0 Å². The van der Waals surface area contributed by atoms with Crippen molar-refractivity contribution in [1.29, 1.82) is 0 Å². The third-order valence-corrected chi connectivity index (χ3v) is 11.5. The van der Waals surface area contributed by atoms with Crippen LogP contribution in [0.2, 0.25) is 0 Å². The molecule has 212 valence electrons. The number of amides is 1. The van der Waals surface area contributed by atoms with Crippen LogP contribution in [0.25, 0.3) is 0 Å². The Morgan fingerprint density at radius 1 is 1.13 bits per heavy atom. The first kappa shape index (κ1) is 27.9. The highest BCUT2D eigenvalue weighted by atomic mass is 16.7. The number of oxime groups is 1. The van der Waals surface area contributed by atoms with Gasteiger partial charge in [-0.1, -0.05) is 38.4 Å². The number of rotatable bonds is 7. The SMILES string of the molecule is C/C(=N\OC(=O)N(CCC1CCCN1)CC(C)C)[C@H]1CC[C@H]2[C@@H]3CCC4=CC(=O)CC[C@]4(C)[C@H]3CC[C@]12C. The Morgan fingerprint density at radius 3 is 2.68 bits per heavy atom. The lowest BCUT2D eigenvalue weighted by Gasteiger charge is -2.58. The van der Waals surface area contributed by atoms with Crippen LogP contribution in [0, 0.1) is 40.4 Å². The number of carbonyl (C=O) groups is 2. The lowest BCUT2D eigenvalue weighted by molar-refractivity contribution is -0.117. The van der Waals surface area contributed by atoms with Gasteiger partial charge in [0, 0.05) is 31.5 Å². The van der Waals surface area contributed by atoms with Gasteiger partial charge in [-0.05, 0) is 118 Å². The second kappa shape index (κ2) is 11.1. The summed E-state index contributed by atoms with van der Waals surface area (Å²) < 4.78 is 0. The van der Waals surface area contributed by atoms with Crippen LogP contribution in [0.5, 0.6) is 0 Å². The van der Waals surface area contributed by atoms with Crippen molar-refractivity contribution in [2.75, 3.05) is 19.6 Å². The van der Waals surface area contributed by atoms with E-state index in [1.54, 1.807) is 0 Å². The van der Waals surface area contributed by atoms with Gasteiger partial charge in [-0.25, -0.2) is 4.79 Å². The molecule has 6 nitrogen and oxygen atoms in total. The molecule has 1 amide bonds. The van der Waals surface area contributed by atoms with E-state index in [-0.39, 0.29) is 16.9 Å². The standard InChI is InChI=1S/C32H51N3O3/c1-21(2)20-35(18-14-24-7-6-17-33-24)30(37)38-34-22(3)27-10-11-28-26-9-8-23-19-25(36)12-15-31(23,4)29(26)13-16-32(27,28)5/h19,21,24,26-29,33H,6-18,20H2,1-5H3/b34-22+/t24?,26-,27+,28-,29-,31-,32+/m0/s1. The molecule has 1 unspecified atom stereocenters. The predicted octanol–water partition coefficient (Wildman–Crippen LogP) is 6.75. The number of nitrogens with zero attached hydrogens (tertiary/aromatic N) is 2. The molecule has 7 atom stereocenters. The molecule has 3 saturated carbocycles. The van der Waals surface area contributed by atoms with Gasteiger partial charge in [0.15, 0.2) is 5.78 Å². The summed E-state index contributed by atoms with van der Waals surface area (Å²) >= 11 is 0. The number of carbonyl (C=O) groups excluding carboxylic acids is 2. The molecule has 38 heavy (non-hydrogen) atoms. The highest BCUT2D eigenvalue weighted by Gasteiger charge is 2.59. The molecule has 0 aromatic heterocycles. The Morgan fingerprint density at radius 2 is 1.95 bits per heavy atom. The van der Waals surface area contributed by atoms with Crippen molar-refractivity contribution in [2.24, 2.45) is 45.6 Å². The second-order valence-corrected chi connectivity index (χ2v) is 14.2. The molecule has 4 fully saturated rings. The van der Waals surface area contributed by atoms with Crippen LogP contribution in [-0.2, 0) is 9.63 Å². The molecule has 1 heterocycles. The van der Waals surface area contributed by atoms with E-state index in [1.165, 1.54) is 44.1 Å². The smallest absolute Gasteiger partial charge is 0.314 e. The summed E-state index contributed by atoms with van der Waals surface area (Å²) in [5.74, 6) is 3.22. The van der Waals surface area contributed by atoms with Gasteiger partial charge in [0.05, 0.1) is 5.71 Å². The van der Waals surface area contributed by atoms with Crippen molar-refractivity contribution in [3.63, 3.8) is 0 Å². The Kier molecular flexibility index (Phi) is 8.11. The summed E-state index contributed by atoms with van der Waals surface area (Å²) in [6.07, 6.45) is 14.0. The fraction of sp³-hybridized carbons (Fsp3) is 0.844. The van der Waals surface area contributed by atoms with E-state index < -0.39 is 0 Å². The molecule has 0 aromatic rings. The van der Waals surface area contributed by atoms with E-state index >= 15 is 0 Å². The van der Waals surface area contributed by atoms with Crippen LogP contribution >= 0.6 is 0 Å². The first-order valence-corrected chi connectivity index (χ1v) is 15.6. The summed E-state index contributed by atoms with van der Waals surface area (Å²) in [5.41, 5.74) is 2.86. The molecule has 5 aliphatic rings. The Balaban J connectivity index is 1.24. The third kappa shape index (κ3) is 5.23. The van der Waals surface area contributed by atoms with Gasteiger partial charge in [0.2, 0.25) is 0 Å². The van der Waals surface area contributed by atoms with E-state index in [0.717, 1.165) is 56.8 Å². The van der Waals surface area contributed by atoms with Crippen LogP contribution in [-0.4, -0.2) is 48.2 Å². The molecule has 1 aliphatic heterocycles. The topological polar surface area (TPSA) is 71.0 Å². The van der Waals surface area contributed by atoms with Crippen LogP contribution in [0.4, 0.5) is 4.79 Å². The van der Waals surface area contributed by atoms with E-state index in [0.29, 0.717) is 42.0 Å². The third-order valence-electron chi connectivity index (χ3n) is 11.5. The van der Waals surface area contributed by atoms with Crippen LogP contribution < -0.4 is 5.32 Å². The summed E-state index contributed by atoms with van der Waals surface area (Å²) in [6.45, 7) is 13.8. The molecule has 4 aliphatic carbocycles. The number of nitrogens with one attached hydrogen (secondary N) is 1. The quantitative estimate of drug-likeness (QED) is 0.227. The van der Waals surface area contributed by atoms with Crippen LogP contribution in [0.1, 0.15) is 105 Å². The second-order valence-electron chi connectivity index (χ2n) is 14.2. The molecule has 1 N–H and O–H groups in total. The van der Waals surface area contributed by atoms with E-state index in [4.69, 9.17) is 4.84 Å². The van der Waals surface area contributed by atoms with E-state index in [1.807, 2.05) is 11.0 Å². The van der Waals surface area contributed by atoms with Crippen LogP contribution in [0.3, 0.4) is 0 Å². The maximum absolute atomic E-state index is 13.1. The lowest BCUT2D eigenvalue weighted by Crippen LogP contribution is -2.51. The molecule has 0 spiro atoms. The number of allylic oxidation sites excluding steroid dienone is 1. The summed E-state index contributed by atoms with van der Waals surface area (Å²) in [4.78, 5) is 32.7. The van der Waals surface area contributed by atoms with Crippen molar-refractivity contribution in [3.05, 3.63) is 11.6 Å². The van der Waals surface area contributed by atoms with Gasteiger partial charge in [-0.15, -0.1) is 0 Å². The van der Waals surface area contributed by atoms with Crippen LogP contribution in [0.15, 0.2) is 16.8 Å². The molecule has 0 bridgehead atoms. The number of hydrogen-bond acceptors (Lipinski definition) is 5. The summed E-state index contributed by atoms with van der Waals surface area (Å²) in [6, 6.07) is 0.510. The predicted molar refractivity (Wildman–Crippen MR) is 152 cm³/mol. The number of hydrogen-bond donors (Lipinski definition) is 1. The van der Waals surface area contributed by atoms with Gasteiger partial charge < -0.3 is 10.2 Å². The average Bonchev–Trinajstić information content (AvgIpc) is 3.52. The highest BCUT2D eigenvalue weighted by Crippen LogP contribution is 2.66. The zero-order valence-corrected chi connectivity index (χ0v) is 24.6. The fourth-order valence-electron chi connectivity index (χ4n) is 9.49. The Labute approximate surface area is 230 Å². The maximum atomic E-state index is 13.1. The minimum atomic E-state index is -0.300. The highest BCUT2D eigenvalue weighted by molar-refractivity contribution is 5.91. The number of ketones is 1. The van der Waals surface area contributed by atoms with Gasteiger partial charge in [-0.2, -0.15) is 0 Å². The number of fused-ring (bicyclic) bond motifs is 5. The normalized spacial score (nSPS) is 38.9. The molecule has 0 aromatic carbocycles. The summed E-state index contributed by atoms with van der Waals surface area (Å²) in [7, 11) is 0. The van der Waals surface area contributed by atoms with E-state index in [2.05, 4.69) is 45.1 Å². The molecule has 0 radical (unpaired) electrons. The lowest BCUT2D eigenvalue weighted by atomic mass is 9.46. The minimum Gasteiger partial charge on any atom is -0.314 e. The molecular formula is C32H51N3O3. The fourth-order valence-corrected chi connectivity index (χ4v) is 9.49.